The number of hydrogen-bond donors (Lipinski definition) is 0. The predicted molar refractivity (Wildman–Crippen MR) is 126 cm³/mol. The third-order valence-corrected chi connectivity index (χ3v) is 6.22. The van der Waals surface area contributed by atoms with E-state index in [9.17, 15) is 9.18 Å². The highest BCUT2D eigenvalue weighted by atomic mass is 32.1. The minimum Gasteiger partial charge on any atom is -0.493 e. The molecule has 8 heteroatoms. The van der Waals surface area contributed by atoms with Crippen LogP contribution in [0.2, 0.25) is 0 Å². The van der Waals surface area contributed by atoms with Crippen LogP contribution >= 0.6 is 11.3 Å². The van der Waals surface area contributed by atoms with Crippen LogP contribution in [0.4, 0.5) is 4.39 Å². The molecule has 6 nitrogen and oxygen atoms in total. The third kappa shape index (κ3) is 3.78. The maximum Gasteiger partial charge on any atom is 0.274 e. The van der Waals surface area contributed by atoms with Crippen LogP contribution < -0.4 is 24.3 Å². The zero-order chi connectivity index (χ0) is 22.9. The van der Waals surface area contributed by atoms with E-state index in [2.05, 4.69) is 4.98 Å². The highest BCUT2D eigenvalue weighted by Gasteiger charge is 2.16. The van der Waals surface area contributed by atoms with Crippen molar-refractivity contribution in [1.82, 2.24) is 9.38 Å². The lowest BCUT2D eigenvalue weighted by molar-refractivity contribution is 0.262. The molecule has 0 saturated heterocycles. The normalized spacial score (nSPS) is 11.9. The molecule has 0 bridgehead atoms. The smallest absolute Gasteiger partial charge is 0.274 e. The van der Waals surface area contributed by atoms with Crippen LogP contribution in [0.3, 0.4) is 0 Å². The fourth-order valence-corrected chi connectivity index (χ4v) is 4.64. The van der Waals surface area contributed by atoms with E-state index in [0.717, 1.165) is 11.0 Å². The van der Waals surface area contributed by atoms with Crippen molar-refractivity contribution >= 4 is 33.4 Å². The van der Waals surface area contributed by atoms with Crippen LogP contribution in [0, 0.1) is 5.82 Å². The van der Waals surface area contributed by atoms with Gasteiger partial charge in [-0.15, -0.1) is 0 Å². The summed E-state index contributed by atoms with van der Waals surface area (Å²) in [6.45, 7) is 0.0162. The molecule has 0 aliphatic heterocycles. The molecule has 0 unspecified atom stereocenters. The second-order valence-corrected chi connectivity index (χ2v) is 8.28. The Bertz CT molecular complexity index is 1570. The van der Waals surface area contributed by atoms with E-state index in [1.54, 1.807) is 40.8 Å². The quantitative estimate of drug-likeness (QED) is 0.379. The number of fused-ring (bicyclic) bond motifs is 3. The van der Waals surface area contributed by atoms with Crippen molar-refractivity contribution in [3.63, 3.8) is 0 Å². The van der Waals surface area contributed by atoms with Gasteiger partial charge < -0.3 is 14.2 Å². The van der Waals surface area contributed by atoms with Crippen LogP contribution in [0.15, 0.2) is 65.5 Å². The molecular weight excluding hydrogens is 443 g/mol. The summed E-state index contributed by atoms with van der Waals surface area (Å²) < 4.78 is 33.0. The van der Waals surface area contributed by atoms with Gasteiger partial charge in [0.05, 0.1) is 29.8 Å². The van der Waals surface area contributed by atoms with Crippen LogP contribution in [0.25, 0.3) is 22.1 Å². The van der Waals surface area contributed by atoms with Gasteiger partial charge in [-0.1, -0.05) is 41.7 Å². The summed E-state index contributed by atoms with van der Waals surface area (Å²) in [6.07, 6.45) is 1.77. The van der Waals surface area contributed by atoms with Gasteiger partial charge in [-0.2, -0.15) is 0 Å². The molecule has 0 fully saturated rings. The summed E-state index contributed by atoms with van der Waals surface area (Å²) in [6, 6.07) is 17.4. The zero-order valence-electron chi connectivity index (χ0n) is 17.9. The van der Waals surface area contributed by atoms with Gasteiger partial charge in [0.15, 0.2) is 16.5 Å². The molecule has 33 heavy (non-hydrogen) atoms. The maximum absolute atomic E-state index is 14.0. The van der Waals surface area contributed by atoms with E-state index < -0.39 is 0 Å². The van der Waals surface area contributed by atoms with E-state index in [-0.39, 0.29) is 18.0 Å². The number of aromatic nitrogens is 2. The molecule has 0 atom stereocenters. The Labute approximate surface area is 192 Å². The van der Waals surface area contributed by atoms with E-state index in [1.807, 2.05) is 24.3 Å². The fraction of sp³-hybridized carbons (Fsp3) is 0.120. The van der Waals surface area contributed by atoms with Crippen LogP contribution in [0.5, 0.6) is 17.2 Å². The minimum absolute atomic E-state index is 0.0162. The molecule has 5 aromatic rings. The van der Waals surface area contributed by atoms with Gasteiger partial charge in [-0.25, -0.2) is 13.8 Å². The number of hydrogen-bond acceptors (Lipinski definition) is 6. The van der Waals surface area contributed by atoms with E-state index in [4.69, 9.17) is 14.2 Å². The first-order valence-electron chi connectivity index (χ1n) is 10.1. The second kappa shape index (κ2) is 8.55. The number of nitrogens with zero attached hydrogens (tertiary/aromatic N) is 2. The van der Waals surface area contributed by atoms with Crippen LogP contribution in [0.1, 0.15) is 11.1 Å². The number of rotatable bonds is 6. The van der Waals surface area contributed by atoms with Crippen molar-refractivity contribution in [2.75, 3.05) is 14.2 Å². The van der Waals surface area contributed by atoms with Gasteiger partial charge in [0.2, 0.25) is 5.75 Å². The van der Waals surface area contributed by atoms with Gasteiger partial charge in [-0.05, 0) is 42.0 Å². The molecule has 0 radical (unpaired) electrons. The predicted octanol–water partition coefficient (Wildman–Crippen LogP) is 4.19. The lowest BCUT2D eigenvalue weighted by Gasteiger charge is -2.15. The first kappa shape index (κ1) is 21.0. The Kier molecular flexibility index (Phi) is 5.43. The molecule has 2 aromatic heterocycles. The maximum atomic E-state index is 14.0. The summed E-state index contributed by atoms with van der Waals surface area (Å²) in [7, 11) is 3.03. The lowest BCUT2D eigenvalue weighted by Crippen LogP contribution is -2.22. The van der Waals surface area contributed by atoms with E-state index in [1.165, 1.54) is 31.6 Å². The van der Waals surface area contributed by atoms with Crippen molar-refractivity contribution in [3.8, 4) is 17.2 Å². The zero-order valence-corrected chi connectivity index (χ0v) is 18.7. The molecule has 2 heterocycles. The van der Waals surface area contributed by atoms with E-state index >= 15 is 0 Å². The lowest BCUT2D eigenvalue weighted by atomic mass is 10.1. The SMILES string of the molecule is COc1cc(/C=c2\sc3nc4ccccc4n3c2=O)cc(OC)c1OCc1ccccc1F. The molecule has 0 aliphatic rings. The first-order valence-corrected chi connectivity index (χ1v) is 10.9. The first-order chi connectivity index (χ1) is 16.1. The van der Waals surface area contributed by atoms with Gasteiger partial charge in [0.1, 0.15) is 12.4 Å². The number of para-hydroxylation sites is 2. The summed E-state index contributed by atoms with van der Waals surface area (Å²) in [5.74, 6) is 0.834. The molecular formula is C25H19FN2O4S. The topological polar surface area (TPSA) is 62.1 Å². The monoisotopic (exact) mass is 462 g/mol. The summed E-state index contributed by atoms with van der Waals surface area (Å²) in [5.41, 5.74) is 2.55. The Morgan fingerprint density at radius 1 is 1.03 bits per heavy atom. The van der Waals surface area contributed by atoms with Gasteiger partial charge >= 0.3 is 0 Å². The number of thiazole rings is 1. The van der Waals surface area contributed by atoms with Crippen molar-refractivity contribution in [3.05, 3.63) is 92.5 Å². The summed E-state index contributed by atoms with van der Waals surface area (Å²) >= 11 is 1.31. The third-order valence-electron chi connectivity index (χ3n) is 5.26. The van der Waals surface area contributed by atoms with Crippen LogP contribution in [-0.2, 0) is 6.61 Å². The fourth-order valence-electron chi connectivity index (χ4n) is 3.65. The minimum atomic E-state index is -0.349. The summed E-state index contributed by atoms with van der Waals surface area (Å²) in [4.78, 5) is 18.2. The van der Waals surface area contributed by atoms with Crippen molar-refractivity contribution in [1.29, 1.82) is 0 Å². The summed E-state index contributed by atoms with van der Waals surface area (Å²) in [5, 5.41) is 0. The Balaban J connectivity index is 1.55. The molecule has 3 aromatic carbocycles. The molecule has 0 spiro atoms. The molecule has 0 amide bonds. The molecule has 166 valence electrons. The average Bonchev–Trinajstić information content (AvgIpc) is 3.34. The Morgan fingerprint density at radius 2 is 1.73 bits per heavy atom. The number of benzene rings is 3. The van der Waals surface area contributed by atoms with Crippen LogP contribution in [-0.4, -0.2) is 23.6 Å². The molecule has 0 N–H and O–H groups in total. The van der Waals surface area contributed by atoms with Gasteiger partial charge in [0, 0.05) is 5.56 Å². The highest BCUT2D eigenvalue weighted by molar-refractivity contribution is 7.15. The van der Waals surface area contributed by atoms with Crippen molar-refractivity contribution in [2.45, 2.75) is 6.61 Å². The average molecular weight is 463 g/mol. The van der Waals surface area contributed by atoms with E-state index in [0.29, 0.717) is 37.9 Å². The molecule has 0 saturated carbocycles. The van der Waals surface area contributed by atoms with Crippen molar-refractivity contribution < 1.29 is 18.6 Å². The Morgan fingerprint density at radius 3 is 2.45 bits per heavy atom. The number of imidazole rings is 1. The molecule has 5 rings (SSSR count). The number of ether oxygens (including phenoxy) is 3. The van der Waals surface area contributed by atoms with Gasteiger partial charge in [0.25, 0.3) is 5.56 Å². The largest absolute Gasteiger partial charge is 0.493 e. The second-order valence-electron chi connectivity index (χ2n) is 7.27. The number of methoxy groups -OCH3 is 2. The highest BCUT2D eigenvalue weighted by Crippen LogP contribution is 2.39. The standard InChI is InChI=1S/C25H19FN2O4S/c1-30-20-11-15(12-21(31-2)23(20)32-14-16-7-3-4-8-17(16)26)13-22-24(29)28-19-10-6-5-9-18(19)27-25(28)33-22/h3-13H,14H2,1-2H3/b22-13-. The van der Waals surface area contributed by atoms with Crippen molar-refractivity contribution in [2.24, 2.45) is 0 Å². The van der Waals surface area contributed by atoms with Gasteiger partial charge in [-0.3, -0.25) is 4.79 Å². The molecule has 0 aliphatic carbocycles. The number of halogens is 1. The Hall–Kier alpha value is -3.91.